The summed E-state index contributed by atoms with van der Waals surface area (Å²) in [6.07, 6.45) is 4.18. The first-order valence-electron chi connectivity index (χ1n) is 7.84. The van der Waals surface area contributed by atoms with Crippen molar-refractivity contribution in [2.24, 2.45) is 0 Å². The van der Waals surface area contributed by atoms with Crippen LogP contribution in [0, 0.1) is 0 Å². The van der Waals surface area contributed by atoms with Gasteiger partial charge in [-0.3, -0.25) is 4.68 Å². The van der Waals surface area contributed by atoms with Crippen LogP contribution in [0.15, 0.2) is 10.7 Å². The molecule has 0 saturated carbocycles. The first-order valence-corrected chi connectivity index (χ1v) is 8.63. The summed E-state index contributed by atoms with van der Waals surface area (Å²) < 4.78 is 3.21. The van der Waals surface area contributed by atoms with Crippen molar-refractivity contribution in [3.63, 3.8) is 0 Å². The molecule has 0 radical (unpaired) electrons. The van der Waals surface area contributed by atoms with Crippen LogP contribution in [0.3, 0.4) is 0 Å². The molecule has 0 aliphatic heterocycles. The van der Waals surface area contributed by atoms with E-state index >= 15 is 0 Å². The average molecular weight is 345 g/mol. The molecule has 0 amide bonds. The molecule has 0 bridgehead atoms. The summed E-state index contributed by atoms with van der Waals surface area (Å²) >= 11 is 3.65. The van der Waals surface area contributed by atoms with Crippen LogP contribution >= 0.6 is 15.9 Å². The molecule has 1 N–H and O–H groups in total. The maximum atomic E-state index is 4.45. The van der Waals surface area contributed by atoms with Crippen LogP contribution in [0.1, 0.15) is 52.3 Å². The minimum Gasteiger partial charge on any atom is -0.309 e. The Labute approximate surface area is 132 Å². The van der Waals surface area contributed by atoms with Gasteiger partial charge in [-0.15, -0.1) is 0 Å². The second-order valence-corrected chi connectivity index (χ2v) is 5.87. The first kappa shape index (κ1) is 17.7. The van der Waals surface area contributed by atoms with Crippen molar-refractivity contribution in [1.82, 2.24) is 20.0 Å². The van der Waals surface area contributed by atoms with E-state index in [2.05, 4.69) is 63.6 Å². The van der Waals surface area contributed by atoms with Crippen molar-refractivity contribution in [3.8, 4) is 0 Å². The van der Waals surface area contributed by atoms with Gasteiger partial charge in [0, 0.05) is 6.54 Å². The minimum atomic E-state index is 0.368. The molecule has 4 nitrogen and oxygen atoms in total. The van der Waals surface area contributed by atoms with Gasteiger partial charge in [0.05, 0.1) is 22.4 Å². The summed E-state index contributed by atoms with van der Waals surface area (Å²) in [5.74, 6) is 0. The molecule has 1 aromatic rings. The van der Waals surface area contributed by atoms with E-state index < -0.39 is 0 Å². The van der Waals surface area contributed by atoms with Crippen molar-refractivity contribution in [2.75, 3.05) is 26.2 Å². The Bertz CT molecular complexity index is 374. The molecular weight excluding hydrogens is 316 g/mol. The molecule has 0 aliphatic carbocycles. The highest BCUT2D eigenvalue weighted by atomic mass is 79.9. The van der Waals surface area contributed by atoms with Gasteiger partial charge in [-0.25, -0.2) is 0 Å². The quantitative estimate of drug-likeness (QED) is 0.705. The lowest BCUT2D eigenvalue weighted by atomic mass is 10.1. The number of rotatable bonds is 10. The lowest BCUT2D eigenvalue weighted by Gasteiger charge is -2.24. The van der Waals surface area contributed by atoms with E-state index in [-0.39, 0.29) is 0 Å². The summed E-state index contributed by atoms with van der Waals surface area (Å²) in [5.41, 5.74) is 1.29. The predicted molar refractivity (Wildman–Crippen MR) is 89.0 cm³/mol. The zero-order chi connectivity index (χ0) is 15.0. The average Bonchev–Trinajstić information content (AvgIpc) is 2.84. The molecule has 1 atom stereocenters. The summed E-state index contributed by atoms with van der Waals surface area (Å²) in [5, 5.41) is 8.12. The molecule has 1 rings (SSSR count). The fraction of sp³-hybridized carbons (Fsp3) is 0.800. The molecular formula is C15H29BrN4. The fourth-order valence-corrected chi connectivity index (χ4v) is 3.05. The molecule has 1 heterocycles. The lowest BCUT2D eigenvalue weighted by molar-refractivity contribution is 0.278. The second kappa shape index (κ2) is 9.53. The number of hydrogen-bond donors (Lipinski definition) is 1. The molecule has 1 aromatic heterocycles. The molecule has 0 aliphatic rings. The summed E-state index contributed by atoms with van der Waals surface area (Å²) in [6, 6.07) is 0.368. The number of aryl methyl sites for hydroxylation is 1. The molecule has 0 spiro atoms. The number of aromatic nitrogens is 2. The van der Waals surface area contributed by atoms with Crippen molar-refractivity contribution in [2.45, 2.75) is 53.1 Å². The van der Waals surface area contributed by atoms with E-state index in [1.165, 1.54) is 5.69 Å². The van der Waals surface area contributed by atoms with E-state index in [1.807, 2.05) is 6.20 Å². The summed E-state index contributed by atoms with van der Waals surface area (Å²) in [7, 11) is 0. The Morgan fingerprint density at radius 3 is 2.55 bits per heavy atom. The molecule has 20 heavy (non-hydrogen) atoms. The predicted octanol–water partition coefficient (Wildman–Crippen LogP) is 3.44. The maximum absolute atomic E-state index is 4.45. The Kier molecular flexibility index (Phi) is 8.41. The van der Waals surface area contributed by atoms with E-state index in [9.17, 15) is 0 Å². The molecule has 5 heteroatoms. The van der Waals surface area contributed by atoms with Gasteiger partial charge in [-0.05, 0) is 61.9 Å². The highest BCUT2D eigenvalue weighted by Crippen LogP contribution is 2.26. The van der Waals surface area contributed by atoms with Crippen LogP contribution in [-0.2, 0) is 6.54 Å². The third-order valence-corrected chi connectivity index (χ3v) is 4.34. The van der Waals surface area contributed by atoms with Gasteiger partial charge in [-0.2, -0.15) is 5.10 Å². The van der Waals surface area contributed by atoms with Crippen LogP contribution in [0.4, 0.5) is 0 Å². The number of nitrogens with zero attached hydrogens (tertiary/aromatic N) is 3. The van der Waals surface area contributed by atoms with Gasteiger partial charge < -0.3 is 10.2 Å². The normalized spacial score (nSPS) is 13.1. The summed E-state index contributed by atoms with van der Waals surface area (Å²) in [6.45, 7) is 14.1. The zero-order valence-corrected chi connectivity index (χ0v) is 14.9. The third-order valence-electron chi connectivity index (χ3n) is 3.73. The van der Waals surface area contributed by atoms with Crippen LogP contribution in [0.5, 0.6) is 0 Å². The minimum absolute atomic E-state index is 0.368. The molecule has 1 unspecified atom stereocenters. The van der Waals surface area contributed by atoms with Gasteiger partial charge >= 0.3 is 0 Å². The molecule has 0 aromatic carbocycles. The van der Waals surface area contributed by atoms with Gasteiger partial charge in [-0.1, -0.05) is 20.8 Å². The zero-order valence-electron chi connectivity index (χ0n) is 13.3. The Morgan fingerprint density at radius 1 is 1.30 bits per heavy atom. The number of halogens is 1. The van der Waals surface area contributed by atoms with E-state index in [0.717, 1.165) is 50.0 Å². The van der Waals surface area contributed by atoms with Gasteiger partial charge in [0.2, 0.25) is 0 Å². The van der Waals surface area contributed by atoms with Crippen molar-refractivity contribution >= 4 is 15.9 Å². The number of nitrogens with one attached hydrogen (secondary N) is 1. The van der Waals surface area contributed by atoms with Crippen molar-refractivity contribution < 1.29 is 0 Å². The van der Waals surface area contributed by atoms with E-state index in [0.29, 0.717) is 6.04 Å². The highest BCUT2D eigenvalue weighted by molar-refractivity contribution is 9.10. The summed E-state index contributed by atoms with van der Waals surface area (Å²) in [4.78, 5) is 2.47. The van der Waals surface area contributed by atoms with Gasteiger partial charge in [0.25, 0.3) is 0 Å². The van der Waals surface area contributed by atoms with Crippen molar-refractivity contribution in [3.05, 3.63) is 16.4 Å². The third kappa shape index (κ3) is 4.86. The topological polar surface area (TPSA) is 33.1 Å². The molecule has 0 fully saturated rings. The number of hydrogen-bond acceptors (Lipinski definition) is 3. The van der Waals surface area contributed by atoms with Gasteiger partial charge in [0.15, 0.2) is 0 Å². The molecule has 0 saturated heterocycles. The Morgan fingerprint density at radius 2 is 2.00 bits per heavy atom. The lowest BCUT2D eigenvalue weighted by Crippen LogP contribution is -2.31. The molecule has 116 valence electrons. The monoisotopic (exact) mass is 344 g/mol. The maximum Gasteiger partial charge on any atom is 0.0696 e. The smallest absolute Gasteiger partial charge is 0.0696 e. The Balaban J connectivity index is 2.79. The van der Waals surface area contributed by atoms with Crippen LogP contribution in [-0.4, -0.2) is 40.9 Å². The highest BCUT2D eigenvalue weighted by Gasteiger charge is 2.19. The van der Waals surface area contributed by atoms with E-state index in [4.69, 9.17) is 0 Å². The largest absolute Gasteiger partial charge is 0.309 e. The SMILES string of the molecule is CCCNC(CCN(CC)CC)c1c(Br)cnn1CC. The van der Waals surface area contributed by atoms with Gasteiger partial charge in [0.1, 0.15) is 0 Å². The fourth-order valence-electron chi connectivity index (χ4n) is 2.48. The van der Waals surface area contributed by atoms with Crippen molar-refractivity contribution in [1.29, 1.82) is 0 Å². The van der Waals surface area contributed by atoms with Crippen LogP contribution in [0.2, 0.25) is 0 Å². The van der Waals surface area contributed by atoms with Crippen LogP contribution in [0.25, 0.3) is 0 Å². The second-order valence-electron chi connectivity index (χ2n) is 5.02. The van der Waals surface area contributed by atoms with E-state index in [1.54, 1.807) is 0 Å². The van der Waals surface area contributed by atoms with Crippen LogP contribution < -0.4 is 5.32 Å². The standard InChI is InChI=1S/C15H29BrN4/c1-5-10-17-14(9-11-19(6-2)7-3)15-13(16)12-18-20(15)8-4/h12,14,17H,5-11H2,1-4H3. The first-order chi connectivity index (χ1) is 9.67. The Hall–Kier alpha value is -0.390.